The Morgan fingerprint density at radius 1 is 1.00 bits per heavy atom. The summed E-state index contributed by atoms with van der Waals surface area (Å²) in [6.07, 6.45) is 3.35. The molecule has 130 valence electrons. The molecule has 0 saturated heterocycles. The summed E-state index contributed by atoms with van der Waals surface area (Å²) in [6, 6.07) is 18.4. The fourth-order valence-corrected chi connectivity index (χ4v) is 2.79. The molecular weight excluding hydrogens is 326 g/mol. The quantitative estimate of drug-likeness (QED) is 0.563. The summed E-state index contributed by atoms with van der Waals surface area (Å²) in [5, 5.41) is 0. The van der Waals surface area contributed by atoms with Gasteiger partial charge in [0.25, 0.3) is 12.1 Å². The number of imidazole rings is 1. The van der Waals surface area contributed by atoms with Gasteiger partial charge in [-0.25, -0.2) is 4.98 Å². The number of nitrogen functional groups attached to an aromatic ring is 1. The summed E-state index contributed by atoms with van der Waals surface area (Å²) in [4.78, 5) is 14.7. The number of nitrogens with zero attached hydrogens (tertiary/aromatic N) is 4. The van der Waals surface area contributed by atoms with E-state index < -0.39 is 0 Å². The van der Waals surface area contributed by atoms with Gasteiger partial charge in [0, 0.05) is 0 Å². The lowest BCUT2D eigenvalue weighted by atomic mass is 10.2. The average Bonchev–Trinajstić information content (AvgIpc) is 3.07. The van der Waals surface area contributed by atoms with Gasteiger partial charge in [0.15, 0.2) is 6.61 Å². The van der Waals surface area contributed by atoms with E-state index in [1.54, 1.807) is 12.7 Å². The first-order chi connectivity index (χ1) is 12.7. The van der Waals surface area contributed by atoms with Crippen molar-refractivity contribution in [3.05, 3.63) is 83.9 Å². The van der Waals surface area contributed by atoms with Gasteiger partial charge in [-0.3, -0.25) is 4.57 Å². The molecule has 0 fully saturated rings. The molecule has 6 nitrogen and oxygen atoms in total. The minimum absolute atomic E-state index is 0.410. The Morgan fingerprint density at radius 2 is 1.77 bits per heavy atom. The summed E-state index contributed by atoms with van der Waals surface area (Å²) >= 11 is 0. The maximum Gasteiger partial charge on any atom is 0.289 e. The third kappa shape index (κ3) is 3.21. The third-order valence-corrected chi connectivity index (χ3v) is 4.26. The highest BCUT2D eigenvalue weighted by atomic mass is 16.7. The van der Waals surface area contributed by atoms with Crippen LogP contribution >= 0.6 is 0 Å². The van der Waals surface area contributed by atoms with Crippen LogP contribution in [0.25, 0.3) is 11.2 Å². The fourth-order valence-electron chi connectivity index (χ4n) is 2.79. The molecule has 4 aromatic rings. The molecule has 0 aliphatic carbocycles. The molecular formula is C20H20N5O+. The Balaban J connectivity index is 1.56. The number of aryl methyl sites for hydroxylation is 1. The van der Waals surface area contributed by atoms with Crippen LogP contribution in [0.3, 0.4) is 0 Å². The normalized spacial score (nSPS) is 11.0. The van der Waals surface area contributed by atoms with Crippen molar-refractivity contribution in [1.29, 1.82) is 0 Å². The summed E-state index contributed by atoms with van der Waals surface area (Å²) in [5.74, 6) is 0.439. The molecule has 2 N–H and O–H groups in total. The van der Waals surface area contributed by atoms with Crippen LogP contribution in [-0.2, 0) is 13.2 Å². The van der Waals surface area contributed by atoms with Gasteiger partial charge in [0.05, 0.1) is 12.9 Å². The maximum atomic E-state index is 6.24. The van der Waals surface area contributed by atoms with Crippen LogP contribution in [0.5, 0.6) is 0 Å². The van der Waals surface area contributed by atoms with Crippen molar-refractivity contribution in [1.82, 2.24) is 14.5 Å². The summed E-state index contributed by atoms with van der Waals surface area (Å²) in [5.41, 5.74) is 11.1. The summed E-state index contributed by atoms with van der Waals surface area (Å²) in [7, 11) is 0. The Kier molecular flexibility index (Phi) is 4.23. The van der Waals surface area contributed by atoms with Gasteiger partial charge in [-0.15, -0.1) is 0 Å². The standard InChI is InChI=1S/C20H19N5O/c1-15-7-9-17(10-8-15)12-26-25-14-23-20-18(19(25)21)22-13-24(20)11-16-5-3-2-4-6-16/h2-10,13-14,21H,11-12H2,1H3/p+1. The van der Waals surface area contributed by atoms with Crippen LogP contribution < -0.4 is 15.3 Å². The SMILES string of the molecule is Cc1ccc(CO[n+]2cnc3c(ncn3Cc3ccccc3)c2N)cc1. The van der Waals surface area contributed by atoms with Gasteiger partial charge in [-0.1, -0.05) is 69.9 Å². The predicted octanol–water partition coefficient (Wildman–Crippen LogP) is 2.29. The number of hydrogen-bond acceptors (Lipinski definition) is 4. The second-order valence-corrected chi connectivity index (χ2v) is 6.24. The first-order valence-electron chi connectivity index (χ1n) is 8.44. The van der Waals surface area contributed by atoms with Gasteiger partial charge in [0.1, 0.15) is 0 Å². The molecule has 0 spiro atoms. The molecule has 0 unspecified atom stereocenters. The van der Waals surface area contributed by atoms with Crippen molar-refractivity contribution in [2.75, 3.05) is 5.73 Å². The lowest BCUT2D eigenvalue weighted by molar-refractivity contribution is -0.885. The maximum absolute atomic E-state index is 6.24. The zero-order valence-electron chi connectivity index (χ0n) is 14.5. The van der Waals surface area contributed by atoms with Crippen LogP contribution in [0, 0.1) is 6.92 Å². The molecule has 4 rings (SSSR count). The van der Waals surface area contributed by atoms with Crippen LogP contribution in [0.1, 0.15) is 16.7 Å². The van der Waals surface area contributed by atoms with E-state index in [2.05, 4.69) is 41.2 Å². The van der Waals surface area contributed by atoms with Crippen molar-refractivity contribution in [3.8, 4) is 0 Å². The third-order valence-electron chi connectivity index (χ3n) is 4.26. The lowest BCUT2D eigenvalue weighted by Gasteiger charge is -2.06. The van der Waals surface area contributed by atoms with Crippen molar-refractivity contribution in [2.45, 2.75) is 20.1 Å². The molecule has 2 aromatic heterocycles. The predicted molar refractivity (Wildman–Crippen MR) is 99.1 cm³/mol. The zero-order valence-corrected chi connectivity index (χ0v) is 14.5. The van der Waals surface area contributed by atoms with Gasteiger partial charge in [0.2, 0.25) is 11.2 Å². The van der Waals surface area contributed by atoms with Gasteiger partial charge in [-0.05, 0) is 18.1 Å². The van der Waals surface area contributed by atoms with E-state index in [4.69, 9.17) is 10.6 Å². The first-order valence-corrected chi connectivity index (χ1v) is 8.44. The van der Waals surface area contributed by atoms with E-state index in [0.717, 1.165) is 11.2 Å². The van der Waals surface area contributed by atoms with E-state index in [0.29, 0.717) is 24.5 Å². The van der Waals surface area contributed by atoms with Crippen molar-refractivity contribution >= 4 is 17.0 Å². The Bertz CT molecular complexity index is 1030. The number of fused-ring (bicyclic) bond motifs is 1. The molecule has 26 heavy (non-hydrogen) atoms. The van der Waals surface area contributed by atoms with Crippen molar-refractivity contribution in [3.63, 3.8) is 0 Å². The van der Waals surface area contributed by atoms with E-state index in [1.807, 2.05) is 34.9 Å². The summed E-state index contributed by atoms with van der Waals surface area (Å²) < 4.78 is 3.45. The Morgan fingerprint density at radius 3 is 2.54 bits per heavy atom. The van der Waals surface area contributed by atoms with Gasteiger partial charge in [-0.2, -0.15) is 0 Å². The van der Waals surface area contributed by atoms with Crippen LogP contribution in [0.4, 0.5) is 5.82 Å². The van der Waals surface area contributed by atoms with Gasteiger partial charge >= 0.3 is 0 Å². The first kappa shape index (κ1) is 16.1. The lowest BCUT2D eigenvalue weighted by Crippen LogP contribution is -2.45. The zero-order chi connectivity index (χ0) is 17.9. The molecule has 2 heterocycles. The van der Waals surface area contributed by atoms with Crippen LogP contribution in [0.2, 0.25) is 0 Å². The van der Waals surface area contributed by atoms with E-state index in [1.165, 1.54) is 15.9 Å². The van der Waals surface area contributed by atoms with Gasteiger partial charge < -0.3 is 10.6 Å². The topological polar surface area (TPSA) is 69.8 Å². The highest BCUT2D eigenvalue weighted by molar-refractivity contribution is 5.79. The molecule has 2 aromatic carbocycles. The average molecular weight is 346 g/mol. The Labute approximate surface area is 151 Å². The number of hydrogen-bond donors (Lipinski definition) is 1. The van der Waals surface area contributed by atoms with Crippen molar-refractivity contribution in [2.24, 2.45) is 0 Å². The Hall–Kier alpha value is -3.41. The molecule has 6 heteroatoms. The monoisotopic (exact) mass is 346 g/mol. The second-order valence-electron chi connectivity index (χ2n) is 6.24. The number of benzene rings is 2. The highest BCUT2D eigenvalue weighted by Crippen LogP contribution is 2.15. The molecule has 0 saturated carbocycles. The number of nitrogens with two attached hydrogens (primary N) is 1. The smallest absolute Gasteiger partial charge is 0.289 e. The second kappa shape index (κ2) is 6.84. The fraction of sp³-hybridized carbons (Fsp3) is 0.150. The molecule has 0 amide bonds. The van der Waals surface area contributed by atoms with E-state index >= 15 is 0 Å². The molecule has 0 atom stereocenters. The molecule has 0 bridgehead atoms. The van der Waals surface area contributed by atoms with Crippen molar-refractivity contribution < 1.29 is 9.57 Å². The minimum atomic E-state index is 0.410. The largest absolute Gasteiger partial charge is 0.352 e. The molecule has 0 radical (unpaired) electrons. The minimum Gasteiger partial charge on any atom is -0.352 e. The van der Waals surface area contributed by atoms with Crippen LogP contribution in [0.15, 0.2) is 67.3 Å². The molecule has 0 aliphatic heterocycles. The van der Waals surface area contributed by atoms with E-state index in [9.17, 15) is 0 Å². The number of anilines is 1. The van der Waals surface area contributed by atoms with E-state index in [-0.39, 0.29) is 0 Å². The summed E-state index contributed by atoms with van der Waals surface area (Å²) in [6.45, 7) is 3.16. The number of aromatic nitrogens is 4. The highest BCUT2D eigenvalue weighted by Gasteiger charge is 2.18. The molecule has 0 aliphatic rings. The number of rotatable bonds is 5. The van der Waals surface area contributed by atoms with Crippen LogP contribution in [-0.4, -0.2) is 14.5 Å².